The summed E-state index contributed by atoms with van der Waals surface area (Å²) in [4.78, 5) is 11.8. The summed E-state index contributed by atoms with van der Waals surface area (Å²) in [6.07, 6.45) is 0.778. The summed E-state index contributed by atoms with van der Waals surface area (Å²) in [6.45, 7) is 3.16. The lowest BCUT2D eigenvalue weighted by Crippen LogP contribution is -2.21. The number of aryl methyl sites for hydroxylation is 1. The van der Waals surface area contributed by atoms with E-state index in [1.165, 1.54) is 0 Å². The summed E-state index contributed by atoms with van der Waals surface area (Å²) in [5.74, 6) is 0.660. The maximum Gasteiger partial charge on any atom is 0.150 e. The third kappa shape index (κ3) is 3.75. The van der Waals surface area contributed by atoms with Crippen molar-refractivity contribution in [1.82, 2.24) is 0 Å². The molecule has 0 bridgehead atoms. The molecule has 0 amide bonds. The first-order chi connectivity index (χ1) is 8.65. The molecule has 0 radical (unpaired) electrons. The molecule has 1 fully saturated rings. The van der Waals surface area contributed by atoms with Gasteiger partial charge in [0.1, 0.15) is 0 Å². The number of Topliss-reactive ketones (excluding diaryl/α,β-unsaturated/α-hetero) is 1. The molecule has 4 heteroatoms. The van der Waals surface area contributed by atoms with Crippen LogP contribution in [-0.2, 0) is 26.1 Å². The summed E-state index contributed by atoms with van der Waals surface area (Å²) < 4.78 is 17.1. The third-order valence-electron chi connectivity index (χ3n) is 3.10. The van der Waals surface area contributed by atoms with Gasteiger partial charge in [0.05, 0.1) is 12.4 Å². The normalized spacial score (nSPS) is 20.8. The molecule has 2 atom stereocenters. The number of ether oxygens (including phenoxy) is 1. The summed E-state index contributed by atoms with van der Waals surface area (Å²) >= 11 is 0. The van der Waals surface area contributed by atoms with Crippen LogP contribution in [0.15, 0.2) is 24.3 Å². The van der Waals surface area contributed by atoms with Crippen molar-refractivity contribution in [2.24, 2.45) is 5.92 Å². The Morgan fingerprint density at radius 3 is 3.00 bits per heavy atom. The predicted octanol–water partition coefficient (Wildman–Crippen LogP) is 1.85. The zero-order valence-corrected chi connectivity index (χ0v) is 11.4. The van der Waals surface area contributed by atoms with Crippen molar-refractivity contribution >= 4 is 16.6 Å². The Hall–Kier alpha value is -1.00. The van der Waals surface area contributed by atoms with Crippen molar-refractivity contribution in [1.29, 1.82) is 0 Å². The Balaban J connectivity index is 1.86. The van der Waals surface area contributed by atoms with E-state index in [1.807, 2.05) is 31.2 Å². The predicted molar refractivity (Wildman–Crippen MR) is 71.8 cm³/mol. The molecule has 0 aromatic heterocycles. The Labute approximate surface area is 110 Å². The van der Waals surface area contributed by atoms with Crippen molar-refractivity contribution in [3.63, 3.8) is 0 Å². The lowest BCUT2D eigenvalue weighted by atomic mass is 10.1. The number of carbonyl (C=O) groups excluding carboxylic acids is 1. The van der Waals surface area contributed by atoms with Gasteiger partial charge in [-0.05, 0) is 18.9 Å². The van der Waals surface area contributed by atoms with E-state index in [0.29, 0.717) is 19.0 Å². The van der Waals surface area contributed by atoms with Crippen LogP contribution in [0, 0.1) is 12.8 Å². The average Bonchev–Trinajstić information content (AvgIpc) is 2.81. The van der Waals surface area contributed by atoms with E-state index in [4.69, 9.17) is 4.74 Å². The Morgan fingerprint density at radius 1 is 1.50 bits per heavy atom. The Bertz CT molecular complexity index is 450. The molecule has 1 aromatic rings. The van der Waals surface area contributed by atoms with Crippen LogP contribution in [0.3, 0.4) is 0 Å². The molecule has 0 aliphatic carbocycles. The lowest BCUT2D eigenvalue weighted by molar-refractivity contribution is -0.120. The Kier molecular flexibility index (Phi) is 4.66. The van der Waals surface area contributed by atoms with Crippen LogP contribution in [0.1, 0.15) is 17.5 Å². The van der Waals surface area contributed by atoms with E-state index in [1.54, 1.807) is 0 Å². The summed E-state index contributed by atoms with van der Waals surface area (Å²) in [7, 11) is -1.11. The minimum Gasteiger partial charge on any atom is -0.381 e. The van der Waals surface area contributed by atoms with Gasteiger partial charge in [-0.1, -0.05) is 29.8 Å². The average molecular weight is 266 g/mol. The molecule has 1 heterocycles. The number of carbonyl (C=O) groups is 1. The molecule has 0 spiro atoms. The highest BCUT2D eigenvalue weighted by Crippen LogP contribution is 2.15. The monoisotopic (exact) mass is 266 g/mol. The maximum atomic E-state index is 11.9. The van der Waals surface area contributed by atoms with Crippen LogP contribution >= 0.6 is 0 Å². The van der Waals surface area contributed by atoms with E-state index in [2.05, 4.69) is 0 Å². The number of ketones is 1. The summed E-state index contributed by atoms with van der Waals surface area (Å²) in [5, 5.41) is 0. The fraction of sp³-hybridized carbons (Fsp3) is 0.500. The van der Waals surface area contributed by atoms with Crippen LogP contribution in [-0.4, -0.2) is 29.0 Å². The van der Waals surface area contributed by atoms with Crippen molar-refractivity contribution in [2.45, 2.75) is 19.1 Å². The highest BCUT2D eigenvalue weighted by atomic mass is 32.2. The number of rotatable bonds is 5. The van der Waals surface area contributed by atoms with Crippen molar-refractivity contribution in [3.05, 3.63) is 35.4 Å². The quantitative estimate of drug-likeness (QED) is 0.817. The van der Waals surface area contributed by atoms with Crippen LogP contribution in [0.5, 0.6) is 0 Å². The second kappa shape index (κ2) is 6.25. The minimum absolute atomic E-state index is 0.0357. The molecule has 0 N–H and O–H groups in total. The van der Waals surface area contributed by atoms with Gasteiger partial charge in [0, 0.05) is 29.1 Å². The van der Waals surface area contributed by atoms with Crippen molar-refractivity contribution in [3.8, 4) is 0 Å². The standard InChI is InChI=1S/C14H18O3S/c1-11-3-2-4-12(7-11)9-18(16)10-14(15)13-5-6-17-8-13/h2-4,7,13H,5-6,8-10H2,1H3. The van der Waals surface area contributed by atoms with Gasteiger partial charge in [-0.2, -0.15) is 0 Å². The number of benzene rings is 1. The molecule has 1 aromatic carbocycles. The molecule has 2 unspecified atom stereocenters. The third-order valence-corrected chi connectivity index (χ3v) is 4.36. The topological polar surface area (TPSA) is 43.4 Å². The Morgan fingerprint density at radius 2 is 2.33 bits per heavy atom. The first kappa shape index (κ1) is 13.4. The van der Waals surface area contributed by atoms with E-state index < -0.39 is 10.8 Å². The number of hydrogen-bond acceptors (Lipinski definition) is 3. The molecule has 1 saturated heterocycles. The minimum atomic E-state index is -1.11. The van der Waals surface area contributed by atoms with Crippen molar-refractivity contribution < 1.29 is 13.7 Å². The van der Waals surface area contributed by atoms with E-state index in [-0.39, 0.29) is 17.5 Å². The van der Waals surface area contributed by atoms with Gasteiger partial charge in [-0.25, -0.2) is 0 Å². The fourth-order valence-corrected chi connectivity index (χ4v) is 3.31. The lowest BCUT2D eigenvalue weighted by Gasteiger charge is -2.07. The zero-order valence-electron chi connectivity index (χ0n) is 10.6. The summed E-state index contributed by atoms with van der Waals surface area (Å²) in [5.41, 5.74) is 2.18. The first-order valence-electron chi connectivity index (χ1n) is 6.16. The molecule has 3 nitrogen and oxygen atoms in total. The molecule has 18 heavy (non-hydrogen) atoms. The highest BCUT2D eigenvalue weighted by molar-refractivity contribution is 7.84. The molecule has 0 saturated carbocycles. The smallest absolute Gasteiger partial charge is 0.150 e. The first-order valence-corrected chi connectivity index (χ1v) is 7.65. The zero-order chi connectivity index (χ0) is 13.0. The molecule has 1 aliphatic rings. The largest absolute Gasteiger partial charge is 0.381 e. The van der Waals surface area contributed by atoms with E-state index in [0.717, 1.165) is 17.5 Å². The second-order valence-electron chi connectivity index (χ2n) is 4.74. The molecule has 1 aliphatic heterocycles. The van der Waals surface area contributed by atoms with Gasteiger partial charge in [-0.3, -0.25) is 9.00 Å². The van der Waals surface area contributed by atoms with Crippen LogP contribution in [0.4, 0.5) is 0 Å². The van der Waals surface area contributed by atoms with Gasteiger partial charge >= 0.3 is 0 Å². The highest BCUT2D eigenvalue weighted by Gasteiger charge is 2.24. The van der Waals surface area contributed by atoms with Crippen molar-refractivity contribution in [2.75, 3.05) is 19.0 Å². The van der Waals surface area contributed by atoms with Gasteiger partial charge in [0.25, 0.3) is 0 Å². The molecular weight excluding hydrogens is 248 g/mol. The van der Waals surface area contributed by atoms with E-state index >= 15 is 0 Å². The van der Waals surface area contributed by atoms with Crippen LogP contribution < -0.4 is 0 Å². The number of hydrogen-bond donors (Lipinski definition) is 0. The SMILES string of the molecule is Cc1cccc(CS(=O)CC(=O)C2CCOC2)c1. The van der Waals surface area contributed by atoms with E-state index in [9.17, 15) is 9.00 Å². The maximum absolute atomic E-state index is 11.9. The molecular formula is C14H18O3S. The van der Waals surface area contributed by atoms with Gasteiger partial charge in [0.2, 0.25) is 0 Å². The molecule has 98 valence electrons. The summed E-state index contributed by atoms with van der Waals surface area (Å²) in [6, 6.07) is 7.93. The van der Waals surface area contributed by atoms with Crippen LogP contribution in [0.25, 0.3) is 0 Å². The van der Waals surface area contributed by atoms with Gasteiger partial charge in [-0.15, -0.1) is 0 Å². The van der Waals surface area contributed by atoms with Crippen LogP contribution in [0.2, 0.25) is 0 Å². The molecule has 2 rings (SSSR count). The van der Waals surface area contributed by atoms with Gasteiger partial charge < -0.3 is 4.74 Å². The van der Waals surface area contributed by atoms with Gasteiger partial charge in [0.15, 0.2) is 5.78 Å². The second-order valence-corrected chi connectivity index (χ2v) is 6.20. The fourth-order valence-electron chi connectivity index (χ4n) is 2.10.